The normalized spacial score (nSPS) is 27.1. The molecular formula is C13H17ClN4O2S2. The molecule has 22 heavy (non-hydrogen) atoms. The Morgan fingerprint density at radius 1 is 1.41 bits per heavy atom. The van der Waals surface area contributed by atoms with Gasteiger partial charge in [-0.15, -0.1) is 11.3 Å². The van der Waals surface area contributed by atoms with E-state index in [9.17, 15) is 8.42 Å². The zero-order valence-electron chi connectivity index (χ0n) is 12.0. The Morgan fingerprint density at radius 2 is 2.27 bits per heavy atom. The molecule has 0 aliphatic carbocycles. The monoisotopic (exact) mass is 360 g/mol. The van der Waals surface area contributed by atoms with Gasteiger partial charge in [0.2, 0.25) is 0 Å². The first-order valence-electron chi connectivity index (χ1n) is 7.34. The Balaban J connectivity index is 1.74. The molecule has 0 bridgehead atoms. The van der Waals surface area contributed by atoms with Crippen LogP contribution in [0.25, 0.3) is 4.96 Å². The van der Waals surface area contributed by atoms with Crippen LogP contribution in [0.3, 0.4) is 0 Å². The predicted octanol–water partition coefficient (Wildman–Crippen LogP) is 1.81. The molecule has 9 heteroatoms. The second-order valence-corrected chi connectivity index (χ2v) is 9.22. The number of piperidine rings is 1. The first kappa shape index (κ1) is 14.9. The smallest absolute Gasteiger partial charge is 0.262 e. The van der Waals surface area contributed by atoms with Gasteiger partial charge in [0.1, 0.15) is 0 Å². The van der Waals surface area contributed by atoms with E-state index in [-0.39, 0.29) is 15.6 Å². The fourth-order valence-corrected chi connectivity index (χ4v) is 6.60. The van der Waals surface area contributed by atoms with E-state index in [1.165, 1.54) is 11.3 Å². The molecule has 6 nitrogen and oxygen atoms in total. The molecule has 2 aliphatic rings. The standard InChI is InChI=1S/C13H17ClN4O2S2/c14-10-11(18-6-7-21-12(18)16-10)22(19,20)17-5-1-2-13(9-17)3-4-15-8-13/h6-7,15H,1-5,8-9H2/t13-/m1/s1. The van der Waals surface area contributed by atoms with Crippen molar-refractivity contribution >= 4 is 37.9 Å². The molecule has 4 heterocycles. The largest absolute Gasteiger partial charge is 0.316 e. The first-order chi connectivity index (χ1) is 10.5. The zero-order chi connectivity index (χ0) is 15.4. The summed E-state index contributed by atoms with van der Waals surface area (Å²) in [4.78, 5) is 4.76. The molecule has 1 N–H and O–H groups in total. The van der Waals surface area contributed by atoms with E-state index in [4.69, 9.17) is 11.6 Å². The highest BCUT2D eigenvalue weighted by molar-refractivity contribution is 7.89. The molecule has 2 aromatic rings. The van der Waals surface area contributed by atoms with Crippen LogP contribution in [0.2, 0.25) is 5.15 Å². The number of halogens is 1. The molecule has 0 amide bonds. The maximum Gasteiger partial charge on any atom is 0.262 e. The Labute approximate surface area is 138 Å². The number of aromatic nitrogens is 2. The van der Waals surface area contributed by atoms with Crippen molar-refractivity contribution in [2.24, 2.45) is 5.41 Å². The minimum absolute atomic E-state index is 0.0658. The summed E-state index contributed by atoms with van der Waals surface area (Å²) in [5.41, 5.74) is 0.0796. The third-order valence-corrected chi connectivity index (χ3v) is 7.72. The average molecular weight is 361 g/mol. The Hall–Kier alpha value is -0.670. The van der Waals surface area contributed by atoms with Gasteiger partial charge in [0, 0.05) is 31.2 Å². The number of nitrogens with zero attached hydrogens (tertiary/aromatic N) is 3. The van der Waals surface area contributed by atoms with E-state index in [0.29, 0.717) is 18.1 Å². The minimum Gasteiger partial charge on any atom is -0.316 e. The number of rotatable bonds is 2. The number of fused-ring (bicyclic) bond motifs is 1. The van der Waals surface area contributed by atoms with E-state index in [2.05, 4.69) is 10.3 Å². The van der Waals surface area contributed by atoms with Crippen molar-refractivity contribution in [1.82, 2.24) is 19.0 Å². The van der Waals surface area contributed by atoms with Crippen molar-refractivity contribution in [3.8, 4) is 0 Å². The molecule has 2 aliphatic heterocycles. The van der Waals surface area contributed by atoms with Gasteiger partial charge in [0.15, 0.2) is 15.1 Å². The van der Waals surface area contributed by atoms with E-state index >= 15 is 0 Å². The maximum atomic E-state index is 13.1. The summed E-state index contributed by atoms with van der Waals surface area (Å²) in [7, 11) is -3.63. The van der Waals surface area contributed by atoms with Crippen LogP contribution in [0.15, 0.2) is 16.6 Å². The van der Waals surface area contributed by atoms with Crippen molar-refractivity contribution in [3.05, 3.63) is 16.7 Å². The topological polar surface area (TPSA) is 66.7 Å². The van der Waals surface area contributed by atoms with Gasteiger partial charge in [-0.05, 0) is 31.2 Å². The van der Waals surface area contributed by atoms with Gasteiger partial charge < -0.3 is 5.32 Å². The molecule has 120 valence electrons. The van der Waals surface area contributed by atoms with Gasteiger partial charge in [-0.1, -0.05) is 11.6 Å². The predicted molar refractivity (Wildman–Crippen MR) is 86.0 cm³/mol. The molecule has 0 unspecified atom stereocenters. The Bertz CT molecular complexity index is 807. The highest BCUT2D eigenvalue weighted by Crippen LogP contribution is 2.38. The summed E-state index contributed by atoms with van der Waals surface area (Å²) in [6, 6.07) is 0. The molecule has 0 saturated carbocycles. The van der Waals surface area contributed by atoms with Crippen LogP contribution < -0.4 is 5.32 Å². The molecule has 2 aromatic heterocycles. The third-order valence-electron chi connectivity index (χ3n) is 4.72. The van der Waals surface area contributed by atoms with Crippen molar-refractivity contribution in [2.75, 3.05) is 26.2 Å². The van der Waals surface area contributed by atoms with Crippen molar-refractivity contribution in [1.29, 1.82) is 0 Å². The van der Waals surface area contributed by atoms with Gasteiger partial charge in [0.25, 0.3) is 10.0 Å². The number of thiazole rings is 1. The molecule has 2 saturated heterocycles. The van der Waals surface area contributed by atoms with E-state index in [0.717, 1.165) is 32.4 Å². The second-order valence-electron chi connectivity index (χ2n) is 6.13. The van der Waals surface area contributed by atoms with Crippen LogP contribution in [0.4, 0.5) is 0 Å². The Kier molecular flexibility index (Phi) is 3.50. The maximum absolute atomic E-state index is 13.1. The van der Waals surface area contributed by atoms with E-state index in [1.54, 1.807) is 14.9 Å². The average Bonchev–Trinajstić information content (AvgIpc) is 3.15. The number of nitrogens with one attached hydrogen (secondary N) is 1. The van der Waals surface area contributed by atoms with E-state index in [1.807, 2.05) is 5.38 Å². The van der Waals surface area contributed by atoms with Crippen LogP contribution >= 0.6 is 22.9 Å². The van der Waals surface area contributed by atoms with Crippen LogP contribution in [0.5, 0.6) is 0 Å². The summed E-state index contributed by atoms with van der Waals surface area (Å²) in [5, 5.41) is 5.35. The second kappa shape index (κ2) is 5.17. The van der Waals surface area contributed by atoms with Crippen LogP contribution in [-0.2, 0) is 10.0 Å². The third kappa shape index (κ3) is 2.20. The van der Waals surface area contributed by atoms with Crippen molar-refractivity contribution in [3.63, 3.8) is 0 Å². The highest BCUT2D eigenvalue weighted by Gasteiger charge is 2.43. The number of imidazole rings is 1. The molecule has 0 aromatic carbocycles. The molecule has 1 atom stereocenters. The minimum atomic E-state index is -3.63. The van der Waals surface area contributed by atoms with Gasteiger partial charge >= 0.3 is 0 Å². The quantitative estimate of drug-likeness (QED) is 0.887. The number of hydrogen-bond donors (Lipinski definition) is 1. The van der Waals surface area contributed by atoms with Gasteiger partial charge in [0.05, 0.1) is 0 Å². The lowest BCUT2D eigenvalue weighted by molar-refractivity contribution is 0.166. The number of hydrogen-bond acceptors (Lipinski definition) is 5. The SMILES string of the molecule is O=S(=O)(c1c(Cl)nc2sccn12)N1CCC[C@]2(CCNC2)C1. The summed E-state index contributed by atoms with van der Waals surface area (Å²) in [5.74, 6) is 0. The van der Waals surface area contributed by atoms with Crippen molar-refractivity contribution < 1.29 is 8.42 Å². The van der Waals surface area contributed by atoms with Gasteiger partial charge in [-0.2, -0.15) is 4.31 Å². The number of sulfonamides is 1. The summed E-state index contributed by atoms with van der Waals surface area (Å²) < 4.78 is 29.3. The lowest BCUT2D eigenvalue weighted by atomic mass is 9.80. The lowest BCUT2D eigenvalue weighted by Gasteiger charge is -2.39. The highest BCUT2D eigenvalue weighted by atomic mass is 35.5. The lowest BCUT2D eigenvalue weighted by Crippen LogP contribution is -2.47. The van der Waals surface area contributed by atoms with Crippen molar-refractivity contribution in [2.45, 2.75) is 24.3 Å². The Morgan fingerprint density at radius 3 is 3.05 bits per heavy atom. The van der Waals surface area contributed by atoms with Gasteiger partial charge in [-0.3, -0.25) is 4.40 Å². The molecule has 4 rings (SSSR count). The fourth-order valence-electron chi connectivity index (χ4n) is 3.60. The molecular weight excluding hydrogens is 344 g/mol. The summed E-state index contributed by atoms with van der Waals surface area (Å²) in [6.45, 7) is 2.98. The molecule has 1 spiro atoms. The van der Waals surface area contributed by atoms with E-state index < -0.39 is 10.0 Å². The van der Waals surface area contributed by atoms with Gasteiger partial charge in [-0.25, -0.2) is 13.4 Å². The van der Waals surface area contributed by atoms with Crippen LogP contribution in [-0.4, -0.2) is 48.3 Å². The van der Waals surface area contributed by atoms with Crippen LogP contribution in [0, 0.1) is 5.41 Å². The van der Waals surface area contributed by atoms with Crippen LogP contribution in [0.1, 0.15) is 19.3 Å². The fraction of sp³-hybridized carbons (Fsp3) is 0.615. The molecule has 2 fully saturated rings. The summed E-state index contributed by atoms with van der Waals surface area (Å²) in [6.07, 6.45) is 4.72. The first-order valence-corrected chi connectivity index (χ1v) is 10.0. The zero-order valence-corrected chi connectivity index (χ0v) is 14.3. The molecule has 0 radical (unpaired) electrons. The summed E-state index contributed by atoms with van der Waals surface area (Å²) >= 11 is 7.50.